The van der Waals surface area contributed by atoms with Crippen molar-refractivity contribution >= 4 is 5.78 Å². The molecule has 1 saturated carbocycles. The number of carbonyl (C=O) groups is 1. The highest BCUT2D eigenvalue weighted by atomic mass is 16.5. The first-order valence-electron chi connectivity index (χ1n) is 7.09. The van der Waals surface area contributed by atoms with Gasteiger partial charge in [-0.15, -0.1) is 0 Å². The minimum Gasteiger partial charge on any atom is -0.339 e. The van der Waals surface area contributed by atoms with Crippen LogP contribution in [0.5, 0.6) is 0 Å². The zero-order chi connectivity index (χ0) is 14.2. The van der Waals surface area contributed by atoms with Gasteiger partial charge in [-0.1, -0.05) is 42.4 Å². The van der Waals surface area contributed by atoms with E-state index in [4.69, 9.17) is 4.52 Å². The smallest absolute Gasteiger partial charge is 0.236 e. The van der Waals surface area contributed by atoms with Crippen LogP contribution in [-0.4, -0.2) is 15.9 Å². The molecular weight excluding hydrogens is 252 g/mol. The van der Waals surface area contributed by atoms with Gasteiger partial charge in [0, 0.05) is 6.42 Å². The highest BCUT2D eigenvalue weighted by molar-refractivity contribution is 5.83. The van der Waals surface area contributed by atoms with Gasteiger partial charge in [-0.2, -0.15) is 4.98 Å². The topological polar surface area (TPSA) is 56.0 Å². The lowest BCUT2D eigenvalue weighted by Crippen LogP contribution is -2.12. The Kier molecular flexibility index (Phi) is 3.16. The Morgan fingerprint density at radius 1 is 1.35 bits per heavy atom. The summed E-state index contributed by atoms with van der Waals surface area (Å²) in [6, 6.07) is 10.3. The van der Waals surface area contributed by atoms with Crippen molar-refractivity contribution in [1.29, 1.82) is 0 Å². The molecule has 1 aromatic heterocycles. The highest BCUT2D eigenvalue weighted by Gasteiger charge is 2.50. The second-order valence-corrected chi connectivity index (χ2v) is 5.45. The first kappa shape index (κ1) is 13.0. The van der Waals surface area contributed by atoms with Crippen LogP contribution in [0.3, 0.4) is 0 Å². The van der Waals surface area contributed by atoms with E-state index >= 15 is 0 Å². The molecule has 1 heterocycles. The molecule has 0 spiro atoms. The summed E-state index contributed by atoms with van der Waals surface area (Å²) in [7, 11) is 0. The van der Waals surface area contributed by atoms with Gasteiger partial charge in [0.2, 0.25) is 5.89 Å². The summed E-state index contributed by atoms with van der Waals surface area (Å²) >= 11 is 0. The zero-order valence-electron chi connectivity index (χ0n) is 11.8. The number of hydrogen-bond donors (Lipinski definition) is 0. The molecule has 0 radical (unpaired) electrons. The van der Waals surface area contributed by atoms with Crippen LogP contribution in [0.4, 0.5) is 0 Å². The SMILES string of the molecule is CCC(=O)C(C)c1nc(C2(c3ccccc3)CC2)no1. The van der Waals surface area contributed by atoms with Crippen LogP contribution >= 0.6 is 0 Å². The maximum atomic E-state index is 11.7. The van der Waals surface area contributed by atoms with Crippen molar-refractivity contribution in [2.24, 2.45) is 0 Å². The van der Waals surface area contributed by atoms with E-state index in [-0.39, 0.29) is 17.1 Å². The fourth-order valence-electron chi connectivity index (χ4n) is 2.57. The number of ketones is 1. The predicted molar refractivity (Wildman–Crippen MR) is 74.5 cm³/mol. The number of aromatic nitrogens is 2. The highest BCUT2D eigenvalue weighted by Crippen LogP contribution is 2.52. The summed E-state index contributed by atoms with van der Waals surface area (Å²) < 4.78 is 5.32. The fraction of sp³-hybridized carbons (Fsp3) is 0.438. The van der Waals surface area contributed by atoms with Crippen LogP contribution in [0.1, 0.15) is 56.3 Å². The Hall–Kier alpha value is -1.97. The molecule has 4 nitrogen and oxygen atoms in total. The van der Waals surface area contributed by atoms with Gasteiger partial charge < -0.3 is 4.52 Å². The molecule has 1 aliphatic carbocycles. The average molecular weight is 270 g/mol. The number of carbonyl (C=O) groups excluding carboxylic acids is 1. The van der Waals surface area contributed by atoms with Crippen LogP contribution in [0.15, 0.2) is 34.9 Å². The summed E-state index contributed by atoms with van der Waals surface area (Å²) in [5.41, 5.74) is 1.12. The quantitative estimate of drug-likeness (QED) is 0.837. The van der Waals surface area contributed by atoms with Gasteiger partial charge >= 0.3 is 0 Å². The maximum Gasteiger partial charge on any atom is 0.236 e. The van der Waals surface area contributed by atoms with E-state index in [2.05, 4.69) is 22.3 Å². The number of rotatable bonds is 5. The van der Waals surface area contributed by atoms with Crippen molar-refractivity contribution in [3.8, 4) is 0 Å². The van der Waals surface area contributed by atoms with Crippen LogP contribution in [0.2, 0.25) is 0 Å². The van der Waals surface area contributed by atoms with Crippen LogP contribution in [-0.2, 0) is 10.2 Å². The van der Waals surface area contributed by atoms with E-state index in [9.17, 15) is 4.79 Å². The molecule has 1 unspecified atom stereocenters. The zero-order valence-corrected chi connectivity index (χ0v) is 11.8. The van der Waals surface area contributed by atoms with Crippen molar-refractivity contribution in [3.63, 3.8) is 0 Å². The van der Waals surface area contributed by atoms with Gasteiger partial charge in [-0.05, 0) is 25.3 Å². The van der Waals surface area contributed by atoms with E-state index < -0.39 is 0 Å². The summed E-state index contributed by atoms with van der Waals surface area (Å²) in [4.78, 5) is 16.2. The van der Waals surface area contributed by atoms with Crippen LogP contribution in [0.25, 0.3) is 0 Å². The molecule has 0 aliphatic heterocycles. The molecule has 0 amide bonds. The molecule has 20 heavy (non-hydrogen) atoms. The molecule has 0 saturated heterocycles. The Morgan fingerprint density at radius 2 is 2.05 bits per heavy atom. The fourth-order valence-corrected chi connectivity index (χ4v) is 2.57. The average Bonchev–Trinajstić information content (AvgIpc) is 3.17. The molecule has 4 heteroatoms. The largest absolute Gasteiger partial charge is 0.339 e. The van der Waals surface area contributed by atoms with Gasteiger partial charge in [-0.3, -0.25) is 4.79 Å². The number of nitrogens with zero attached hydrogens (tertiary/aromatic N) is 2. The second kappa shape index (κ2) is 4.85. The van der Waals surface area contributed by atoms with Gasteiger partial charge in [0.1, 0.15) is 5.78 Å². The van der Waals surface area contributed by atoms with Crippen molar-refractivity contribution in [3.05, 3.63) is 47.6 Å². The van der Waals surface area contributed by atoms with E-state index in [1.54, 1.807) is 0 Å². The Balaban J connectivity index is 1.89. The third-order valence-electron chi connectivity index (χ3n) is 4.15. The van der Waals surface area contributed by atoms with Gasteiger partial charge in [0.25, 0.3) is 0 Å². The predicted octanol–water partition coefficient (Wildman–Crippen LogP) is 3.23. The Bertz CT molecular complexity index is 614. The normalized spacial score (nSPS) is 17.7. The number of Topliss-reactive ketones (excluding diaryl/α,β-unsaturated/α-hetero) is 1. The van der Waals surface area contributed by atoms with Crippen molar-refractivity contribution in [2.75, 3.05) is 0 Å². The lowest BCUT2D eigenvalue weighted by molar-refractivity contribution is -0.120. The summed E-state index contributed by atoms with van der Waals surface area (Å²) in [6.45, 7) is 3.67. The molecule has 1 atom stereocenters. The van der Waals surface area contributed by atoms with E-state index in [0.29, 0.717) is 12.3 Å². The third kappa shape index (κ3) is 2.05. The standard InChI is InChI=1S/C16H18N2O2/c1-3-13(19)11(2)14-17-15(18-20-14)16(9-10-16)12-7-5-4-6-8-12/h4-8,11H,3,9-10H2,1-2H3. The van der Waals surface area contributed by atoms with Gasteiger partial charge in [-0.25, -0.2) is 0 Å². The lowest BCUT2D eigenvalue weighted by atomic mass is 9.95. The van der Waals surface area contributed by atoms with E-state index in [1.807, 2.05) is 32.0 Å². The molecule has 3 rings (SSSR count). The van der Waals surface area contributed by atoms with Gasteiger partial charge in [0.05, 0.1) is 11.3 Å². The Labute approximate surface area is 118 Å². The van der Waals surface area contributed by atoms with E-state index in [1.165, 1.54) is 5.56 Å². The monoisotopic (exact) mass is 270 g/mol. The Morgan fingerprint density at radius 3 is 2.65 bits per heavy atom. The maximum absolute atomic E-state index is 11.7. The second-order valence-electron chi connectivity index (χ2n) is 5.45. The molecule has 104 valence electrons. The first-order chi connectivity index (χ1) is 9.67. The van der Waals surface area contributed by atoms with Crippen LogP contribution in [0, 0.1) is 0 Å². The minimum atomic E-state index is -0.312. The molecule has 2 aromatic rings. The molecule has 1 fully saturated rings. The van der Waals surface area contributed by atoms with Crippen molar-refractivity contribution in [2.45, 2.75) is 44.4 Å². The summed E-state index contributed by atoms with van der Waals surface area (Å²) in [6.07, 6.45) is 2.56. The van der Waals surface area contributed by atoms with E-state index in [0.717, 1.165) is 18.7 Å². The van der Waals surface area contributed by atoms with Gasteiger partial charge in [0.15, 0.2) is 5.82 Å². The third-order valence-corrected chi connectivity index (χ3v) is 4.15. The molecule has 0 bridgehead atoms. The van der Waals surface area contributed by atoms with Crippen molar-refractivity contribution < 1.29 is 9.32 Å². The summed E-state index contributed by atoms with van der Waals surface area (Å²) in [5, 5.41) is 4.13. The summed E-state index contributed by atoms with van der Waals surface area (Å²) in [5.74, 6) is 0.973. The number of hydrogen-bond acceptors (Lipinski definition) is 4. The first-order valence-corrected chi connectivity index (χ1v) is 7.09. The molecule has 1 aliphatic rings. The molecule has 1 aromatic carbocycles. The molecule has 0 N–H and O–H groups in total. The molecular formula is C16H18N2O2. The lowest BCUT2D eigenvalue weighted by Gasteiger charge is -2.10. The minimum absolute atomic E-state index is 0.0992. The number of benzene rings is 1. The van der Waals surface area contributed by atoms with Crippen molar-refractivity contribution in [1.82, 2.24) is 10.1 Å². The van der Waals surface area contributed by atoms with Crippen LogP contribution < -0.4 is 0 Å².